The number of nitrogens with zero attached hydrogens (tertiary/aromatic N) is 2. The number of aromatic nitrogens is 2. The summed E-state index contributed by atoms with van der Waals surface area (Å²) in [4.78, 5) is 0. The van der Waals surface area contributed by atoms with Crippen molar-refractivity contribution in [1.29, 1.82) is 0 Å². The van der Waals surface area contributed by atoms with Gasteiger partial charge in [0.05, 0.1) is 11.7 Å². The Morgan fingerprint density at radius 1 is 1.07 bits per heavy atom. The molecule has 2 heteroatoms. The van der Waals surface area contributed by atoms with Crippen molar-refractivity contribution >= 4 is 10.9 Å². The van der Waals surface area contributed by atoms with E-state index in [2.05, 4.69) is 30.1 Å². The van der Waals surface area contributed by atoms with Gasteiger partial charge in [0.1, 0.15) is 0 Å². The van der Waals surface area contributed by atoms with Gasteiger partial charge in [-0.15, -0.1) is 0 Å². The minimum absolute atomic E-state index is 0.500. The van der Waals surface area contributed by atoms with E-state index in [1.165, 1.54) is 10.9 Å². The van der Waals surface area contributed by atoms with E-state index in [4.69, 9.17) is 0 Å². The molecule has 0 N–H and O–H groups in total. The molecule has 1 heterocycles. The second kappa shape index (κ2) is 5.44. The van der Waals surface area contributed by atoms with Crippen LogP contribution in [0.25, 0.3) is 10.9 Å². The standard InChI is InChI=1S/C11H12N2.C2H6/c1-8(2)10-7-12-13-11-6-4-3-5-9(10)11;1-2/h3-8H,1-2H3;1-2H3. The smallest absolute Gasteiger partial charge is 0.0932 e. The summed E-state index contributed by atoms with van der Waals surface area (Å²) in [6.45, 7) is 8.34. The predicted octanol–water partition coefficient (Wildman–Crippen LogP) is 3.78. The van der Waals surface area contributed by atoms with Gasteiger partial charge in [0.25, 0.3) is 0 Å². The van der Waals surface area contributed by atoms with Gasteiger partial charge in [-0.05, 0) is 17.5 Å². The molecule has 80 valence electrons. The fourth-order valence-electron chi connectivity index (χ4n) is 1.49. The van der Waals surface area contributed by atoms with Crippen LogP contribution in [0.2, 0.25) is 0 Å². The third kappa shape index (κ3) is 2.52. The zero-order valence-corrected chi connectivity index (χ0v) is 9.86. The predicted molar refractivity (Wildman–Crippen MR) is 65.0 cm³/mol. The Morgan fingerprint density at radius 2 is 1.73 bits per heavy atom. The maximum absolute atomic E-state index is 4.07. The second-order valence-electron chi connectivity index (χ2n) is 3.47. The highest BCUT2D eigenvalue weighted by Gasteiger charge is 2.04. The summed E-state index contributed by atoms with van der Waals surface area (Å²) in [7, 11) is 0. The summed E-state index contributed by atoms with van der Waals surface area (Å²) in [5.74, 6) is 0.500. The molecule has 0 aliphatic carbocycles. The van der Waals surface area contributed by atoms with Crippen LogP contribution in [0.3, 0.4) is 0 Å². The molecule has 0 unspecified atom stereocenters. The Bertz CT molecular complexity index is 416. The summed E-state index contributed by atoms with van der Waals surface area (Å²) < 4.78 is 0. The van der Waals surface area contributed by atoms with Crippen LogP contribution in [-0.2, 0) is 0 Å². The van der Waals surface area contributed by atoms with Crippen molar-refractivity contribution in [3.63, 3.8) is 0 Å². The van der Waals surface area contributed by atoms with Gasteiger partial charge in [0.15, 0.2) is 0 Å². The Kier molecular flexibility index (Phi) is 4.22. The lowest BCUT2D eigenvalue weighted by Crippen LogP contribution is -1.93. The lowest BCUT2D eigenvalue weighted by molar-refractivity contribution is 0.858. The van der Waals surface area contributed by atoms with E-state index in [1.54, 1.807) is 0 Å². The van der Waals surface area contributed by atoms with Gasteiger partial charge < -0.3 is 0 Å². The molecule has 0 amide bonds. The molecule has 0 aliphatic heterocycles. The zero-order valence-electron chi connectivity index (χ0n) is 9.86. The van der Waals surface area contributed by atoms with Gasteiger partial charge >= 0.3 is 0 Å². The average molecular weight is 202 g/mol. The van der Waals surface area contributed by atoms with Crippen molar-refractivity contribution in [3.05, 3.63) is 36.0 Å². The molecule has 1 aromatic heterocycles. The van der Waals surface area contributed by atoms with Crippen molar-refractivity contribution < 1.29 is 0 Å². The summed E-state index contributed by atoms with van der Waals surface area (Å²) in [6.07, 6.45) is 1.85. The number of hydrogen-bond donors (Lipinski definition) is 0. The third-order valence-corrected chi connectivity index (χ3v) is 2.20. The normalized spacial score (nSPS) is 9.93. The minimum atomic E-state index is 0.500. The van der Waals surface area contributed by atoms with E-state index in [0.29, 0.717) is 5.92 Å². The zero-order chi connectivity index (χ0) is 11.3. The van der Waals surface area contributed by atoms with Crippen molar-refractivity contribution in [2.24, 2.45) is 0 Å². The van der Waals surface area contributed by atoms with Crippen molar-refractivity contribution in [2.75, 3.05) is 0 Å². The van der Waals surface area contributed by atoms with Gasteiger partial charge in [-0.2, -0.15) is 10.2 Å². The van der Waals surface area contributed by atoms with E-state index < -0.39 is 0 Å². The van der Waals surface area contributed by atoms with E-state index in [0.717, 1.165) is 5.52 Å². The molecule has 2 rings (SSSR count). The van der Waals surface area contributed by atoms with Gasteiger partial charge in [-0.3, -0.25) is 0 Å². The molecule has 0 atom stereocenters. The van der Waals surface area contributed by atoms with Gasteiger partial charge in [0.2, 0.25) is 0 Å². The summed E-state index contributed by atoms with van der Waals surface area (Å²) >= 11 is 0. The molecule has 0 saturated carbocycles. The van der Waals surface area contributed by atoms with Gasteiger partial charge in [0, 0.05) is 5.39 Å². The highest BCUT2D eigenvalue weighted by Crippen LogP contribution is 2.21. The molecule has 2 nitrogen and oxygen atoms in total. The third-order valence-electron chi connectivity index (χ3n) is 2.20. The van der Waals surface area contributed by atoms with Crippen molar-refractivity contribution in [2.45, 2.75) is 33.6 Å². The summed E-state index contributed by atoms with van der Waals surface area (Å²) in [6, 6.07) is 8.12. The van der Waals surface area contributed by atoms with E-state index in [1.807, 2.05) is 38.2 Å². The van der Waals surface area contributed by atoms with Gasteiger partial charge in [-0.25, -0.2) is 0 Å². The lowest BCUT2D eigenvalue weighted by atomic mass is 10.0. The minimum Gasteiger partial charge on any atom is -0.158 e. The molecule has 2 aromatic rings. The first-order valence-electron chi connectivity index (χ1n) is 5.49. The Hall–Kier alpha value is -1.44. The molecular weight excluding hydrogens is 184 g/mol. The fourth-order valence-corrected chi connectivity index (χ4v) is 1.49. The summed E-state index contributed by atoms with van der Waals surface area (Å²) in [5.41, 5.74) is 2.25. The fraction of sp³-hybridized carbons (Fsp3) is 0.385. The first kappa shape index (κ1) is 11.6. The molecule has 0 saturated heterocycles. The van der Waals surface area contributed by atoms with Crippen LogP contribution in [-0.4, -0.2) is 10.2 Å². The van der Waals surface area contributed by atoms with Crippen LogP contribution < -0.4 is 0 Å². The molecule has 0 aliphatic rings. The van der Waals surface area contributed by atoms with Crippen LogP contribution in [0.4, 0.5) is 0 Å². The SMILES string of the molecule is CC.CC(C)c1cnnc2ccccc12. The molecular formula is C13H18N2. The average Bonchev–Trinajstić information content (AvgIpc) is 2.31. The van der Waals surface area contributed by atoms with Crippen LogP contribution >= 0.6 is 0 Å². The highest BCUT2D eigenvalue weighted by molar-refractivity contribution is 5.81. The maximum Gasteiger partial charge on any atom is 0.0932 e. The quantitative estimate of drug-likeness (QED) is 0.703. The molecule has 0 fully saturated rings. The Morgan fingerprint density at radius 3 is 2.40 bits per heavy atom. The number of hydrogen-bond acceptors (Lipinski definition) is 2. The Balaban J connectivity index is 0.000000531. The van der Waals surface area contributed by atoms with Crippen LogP contribution in [0.5, 0.6) is 0 Å². The van der Waals surface area contributed by atoms with Crippen LogP contribution in [0.15, 0.2) is 30.5 Å². The lowest BCUT2D eigenvalue weighted by Gasteiger charge is -2.07. The number of fused-ring (bicyclic) bond motifs is 1. The van der Waals surface area contributed by atoms with E-state index in [-0.39, 0.29) is 0 Å². The Labute approximate surface area is 91.4 Å². The summed E-state index contributed by atoms with van der Waals surface area (Å²) in [5, 5.41) is 9.27. The number of benzene rings is 1. The van der Waals surface area contributed by atoms with Crippen LogP contribution in [0, 0.1) is 0 Å². The van der Waals surface area contributed by atoms with Crippen molar-refractivity contribution in [3.8, 4) is 0 Å². The maximum atomic E-state index is 4.07. The van der Waals surface area contributed by atoms with E-state index in [9.17, 15) is 0 Å². The largest absolute Gasteiger partial charge is 0.158 e. The first-order valence-corrected chi connectivity index (χ1v) is 5.49. The monoisotopic (exact) mass is 202 g/mol. The first-order chi connectivity index (χ1) is 7.29. The topological polar surface area (TPSA) is 25.8 Å². The molecule has 15 heavy (non-hydrogen) atoms. The highest BCUT2D eigenvalue weighted by atomic mass is 15.1. The number of rotatable bonds is 1. The molecule has 0 spiro atoms. The van der Waals surface area contributed by atoms with Crippen molar-refractivity contribution in [1.82, 2.24) is 10.2 Å². The molecule has 0 bridgehead atoms. The molecule has 1 aromatic carbocycles. The van der Waals surface area contributed by atoms with E-state index >= 15 is 0 Å². The molecule has 0 radical (unpaired) electrons. The van der Waals surface area contributed by atoms with Crippen LogP contribution in [0.1, 0.15) is 39.2 Å². The van der Waals surface area contributed by atoms with Gasteiger partial charge in [-0.1, -0.05) is 45.9 Å². The second-order valence-corrected chi connectivity index (χ2v) is 3.47.